The van der Waals surface area contributed by atoms with Crippen molar-refractivity contribution in [2.24, 2.45) is 0 Å². The molecule has 10 rings (SSSR count). The number of anilines is 3. The molecule has 52 heavy (non-hydrogen) atoms. The number of benzene rings is 8. The highest BCUT2D eigenvalue weighted by Crippen LogP contribution is 2.43. The van der Waals surface area contributed by atoms with E-state index in [2.05, 4.69) is 186 Å². The van der Waals surface area contributed by atoms with Gasteiger partial charge in [0.15, 0.2) is 0 Å². The number of rotatable bonds is 6. The number of aromatic nitrogens is 1. The summed E-state index contributed by atoms with van der Waals surface area (Å²) in [6.45, 7) is 0. The standard InChI is InChI=1S/C49H32N2O/c1-2-8-33(9-3-1)35-20-24-39(25-21-35)51(47-15-7-14-44-43(47)28-29-45-46-32-50-31-30-48(46)52-49(44)45)40-26-22-36(23-27-40)34-16-18-38(19-17-34)42-13-6-11-37-10-4-5-12-41(37)42/h1-32H. The minimum Gasteiger partial charge on any atom is -0.455 e. The molecule has 0 saturated carbocycles. The van der Waals surface area contributed by atoms with Gasteiger partial charge in [-0.3, -0.25) is 4.98 Å². The quantitative estimate of drug-likeness (QED) is 0.177. The first-order valence-electron chi connectivity index (χ1n) is 17.6. The van der Waals surface area contributed by atoms with Gasteiger partial charge in [-0.1, -0.05) is 140 Å². The molecule has 244 valence electrons. The third-order valence-corrected chi connectivity index (χ3v) is 10.2. The molecule has 3 heteroatoms. The number of furan rings is 1. The zero-order chi connectivity index (χ0) is 34.4. The molecule has 0 aliphatic heterocycles. The molecule has 2 aromatic heterocycles. The van der Waals surface area contributed by atoms with E-state index >= 15 is 0 Å². The number of nitrogens with zero attached hydrogens (tertiary/aromatic N) is 2. The van der Waals surface area contributed by atoms with Gasteiger partial charge in [0.1, 0.15) is 11.2 Å². The molecular formula is C49H32N2O. The van der Waals surface area contributed by atoms with Crippen LogP contribution in [0.4, 0.5) is 17.1 Å². The van der Waals surface area contributed by atoms with E-state index in [-0.39, 0.29) is 0 Å². The van der Waals surface area contributed by atoms with Crippen LogP contribution >= 0.6 is 0 Å². The number of pyridine rings is 1. The lowest BCUT2D eigenvalue weighted by Crippen LogP contribution is -2.10. The summed E-state index contributed by atoms with van der Waals surface area (Å²) >= 11 is 0. The van der Waals surface area contributed by atoms with E-state index < -0.39 is 0 Å². The maximum atomic E-state index is 6.44. The Balaban J connectivity index is 1.06. The molecule has 2 heterocycles. The largest absolute Gasteiger partial charge is 0.455 e. The van der Waals surface area contributed by atoms with Crippen molar-refractivity contribution in [2.45, 2.75) is 0 Å². The second-order valence-electron chi connectivity index (χ2n) is 13.2. The van der Waals surface area contributed by atoms with Crippen molar-refractivity contribution in [1.82, 2.24) is 4.98 Å². The summed E-state index contributed by atoms with van der Waals surface area (Å²) in [6.07, 6.45) is 3.67. The molecule has 0 spiro atoms. The Morgan fingerprint density at radius 3 is 1.69 bits per heavy atom. The zero-order valence-corrected chi connectivity index (χ0v) is 28.3. The van der Waals surface area contributed by atoms with Gasteiger partial charge in [-0.25, -0.2) is 0 Å². The van der Waals surface area contributed by atoms with Gasteiger partial charge in [0.05, 0.1) is 5.69 Å². The lowest BCUT2D eigenvalue weighted by atomic mass is 9.96. The summed E-state index contributed by atoms with van der Waals surface area (Å²) < 4.78 is 6.44. The van der Waals surface area contributed by atoms with Gasteiger partial charge >= 0.3 is 0 Å². The van der Waals surface area contributed by atoms with Crippen molar-refractivity contribution in [3.05, 3.63) is 194 Å². The van der Waals surface area contributed by atoms with Crippen LogP contribution in [0, 0.1) is 0 Å². The molecule has 8 aromatic carbocycles. The summed E-state index contributed by atoms with van der Waals surface area (Å²) in [5.41, 5.74) is 12.2. The molecule has 0 radical (unpaired) electrons. The van der Waals surface area contributed by atoms with E-state index in [0.29, 0.717) is 0 Å². The summed E-state index contributed by atoms with van der Waals surface area (Å²) in [4.78, 5) is 6.71. The highest BCUT2D eigenvalue weighted by Gasteiger charge is 2.19. The van der Waals surface area contributed by atoms with Crippen molar-refractivity contribution in [2.75, 3.05) is 4.90 Å². The Bertz CT molecular complexity index is 2870. The van der Waals surface area contributed by atoms with Crippen LogP contribution in [0.3, 0.4) is 0 Å². The first kappa shape index (κ1) is 29.9. The van der Waals surface area contributed by atoms with E-state index in [1.54, 1.807) is 6.20 Å². The summed E-state index contributed by atoms with van der Waals surface area (Å²) in [7, 11) is 0. The first-order chi connectivity index (χ1) is 25.8. The van der Waals surface area contributed by atoms with E-state index in [1.165, 1.54) is 44.2 Å². The topological polar surface area (TPSA) is 29.3 Å². The van der Waals surface area contributed by atoms with Gasteiger partial charge in [-0.15, -0.1) is 0 Å². The van der Waals surface area contributed by atoms with Crippen LogP contribution in [-0.2, 0) is 0 Å². The van der Waals surface area contributed by atoms with Crippen LogP contribution in [-0.4, -0.2) is 4.98 Å². The number of hydrogen-bond acceptors (Lipinski definition) is 3. The van der Waals surface area contributed by atoms with Gasteiger partial charge in [-0.2, -0.15) is 0 Å². The van der Waals surface area contributed by atoms with Crippen LogP contribution < -0.4 is 4.90 Å². The van der Waals surface area contributed by atoms with Crippen LogP contribution in [0.1, 0.15) is 0 Å². The highest BCUT2D eigenvalue weighted by molar-refractivity contribution is 6.17. The van der Waals surface area contributed by atoms with Crippen molar-refractivity contribution in [3.8, 4) is 33.4 Å². The minimum absolute atomic E-state index is 0.844. The SMILES string of the molecule is c1ccc(-c2ccc(N(c3ccc(-c4ccc(-c5cccc6ccccc56)cc4)cc3)c3cccc4c3ccc3c5cnccc5oc43)cc2)cc1. The first-order valence-corrected chi connectivity index (χ1v) is 17.6. The fraction of sp³-hybridized carbons (Fsp3) is 0. The molecule has 0 amide bonds. The molecule has 0 aliphatic rings. The maximum absolute atomic E-state index is 6.44. The second kappa shape index (κ2) is 12.4. The summed E-state index contributed by atoms with van der Waals surface area (Å²) in [5.74, 6) is 0. The molecule has 0 N–H and O–H groups in total. The van der Waals surface area contributed by atoms with Crippen molar-refractivity contribution in [1.29, 1.82) is 0 Å². The van der Waals surface area contributed by atoms with Crippen molar-refractivity contribution in [3.63, 3.8) is 0 Å². The normalized spacial score (nSPS) is 11.5. The molecule has 0 saturated heterocycles. The lowest BCUT2D eigenvalue weighted by Gasteiger charge is -2.27. The summed E-state index contributed by atoms with van der Waals surface area (Å²) in [5, 5.41) is 6.80. The fourth-order valence-electron chi connectivity index (χ4n) is 7.60. The Morgan fingerprint density at radius 1 is 0.385 bits per heavy atom. The van der Waals surface area contributed by atoms with Crippen LogP contribution in [0.15, 0.2) is 199 Å². The molecular weight excluding hydrogens is 633 g/mol. The Hall–Kier alpha value is -6.97. The van der Waals surface area contributed by atoms with Crippen molar-refractivity contribution >= 4 is 60.5 Å². The lowest BCUT2D eigenvalue weighted by molar-refractivity contribution is 0.672. The van der Waals surface area contributed by atoms with E-state index in [0.717, 1.165) is 49.8 Å². The summed E-state index contributed by atoms with van der Waals surface area (Å²) in [6, 6.07) is 65.1. The average molecular weight is 665 g/mol. The monoisotopic (exact) mass is 664 g/mol. The van der Waals surface area contributed by atoms with Gasteiger partial charge in [0.2, 0.25) is 0 Å². The molecule has 0 bridgehead atoms. The third-order valence-electron chi connectivity index (χ3n) is 10.2. The Kier molecular flexibility index (Phi) is 7.14. The van der Waals surface area contributed by atoms with Gasteiger partial charge in [0.25, 0.3) is 0 Å². The van der Waals surface area contributed by atoms with Crippen LogP contribution in [0.5, 0.6) is 0 Å². The predicted molar refractivity (Wildman–Crippen MR) is 218 cm³/mol. The van der Waals surface area contributed by atoms with Gasteiger partial charge in [0, 0.05) is 45.3 Å². The fourth-order valence-corrected chi connectivity index (χ4v) is 7.60. The minimum atomic E-state index is 0.844. The zero-order valence-electron chi connectivity index (χ0n) is 28.3. The van der Waals surface area contributed by atoms with E-state index in [4.69, 9.17) is 4.42 Å². The smallest absolute Gasteiger partial charge is 0.143 e. The van der Waals surface area contributed by atoms with E-state index in [1.807, 2.05) is 12.3 Å². The molecule has 3 nitrogen and oxygen atoms in total. The highest BCUT2D eigenvalue weighted by atomic mass is 16.3. The van der Waals surface area contributed by atoms with Crippen molar-refractivity contribution < 1.29 is 4.42 Å². The maximum Gasteiger partial charge on any atom is 0.143 e. The van der Waals surface area contributed by atoms with Gasteiger partial charge in [-0.05, 0) is 86.6 Å². The Labute approximate surface area is 301 Å². The molecule has 0 fully saturated rings. The third kappa shape index (κ3) is 5.10. The Morgan fingerprint density at radius 2 is 0.942 bits per heavy atom. The predicted octanol–water partition coefficient (Wildman–Crippen LogP) is 13.8. The van der Waals surface area contributed by atoms with E-state index in [9.17, 15) is 0 Å². The van der Waals surface area contributed by atoms with Crippen LogP contribution in [0.2, 0.25) is 0 Å². The molecule has 0 unspecified atom stereocenters. The second-order valence-corrected chi connectivity index (χ2v) is 13.2. The number of hydrogen-bond donors (Lipinski definition) is 0. The van der Waals surface area contributed by atoms with Crippen LogP contribution in [0.25, 0.3) is 76.9 Å². The van der Waals surface area contributed by atoms with Gasteiger partial charge < -0.3 is 9.32 Å². The molecule has 10 aromatic rings. The molecule has 0 aliphatic carbocycles. The average Bonchev–Trinajstić information content (AvgIpc) is 3.61. The number of fused-ring (bicyclic) bond motifs is 6. The molecule has 0 atom stereocenters.